The fourth-order valence-corrected chi connectivity index (χ4v) is 5.60. The van der Waals surface area contributed by atoms with Gasteiger partial charge in [-0.3, -0.25) is 0 Å². The summed E-state index contributed by atoms with van der Waals surface area (Å²) < 4.78 is 80.2. The third-order valence-electron chi connectivity index (χ3n) is 6.38. The first kappa shape index (κ1) is 29.3. The number of para-hydroxylation sites is 1. The smallest absolute Gasteiger partial charge is 0.418 e. The van der Waals surface area contributed by atoms with Gasteiger partial charge in [0.05, 0.1) is 33.8 Å². The van der Waals surface area contributed by atoms with Gasteiger partial charge in [0.1, 0.15) is 23.6 Å². The van der Waals surface area contributed by atoms with Crippen molar-refractivity contribution in [3.8, 4) is 28.5 Å². The Balaban J connectivity index is 1.36. The monoisotopic (exact) mass is 613 g/mol. The number of hydrogen-bond donors (Lipinski definition) is 1. The zero-order valence-electron chi connectivity index (χ0n) is 22.0. The summed E-state index contributed by atoms with van der Waals surface area (Å²) in [5.74, 6) is 1.22. The van der Waals surface area contributed by atoms with Crippen LogP contribution in [-0.4, -0.2) is 32.0 Å². The van der Waals surface area contributed by atoms with Crippen LogP contribution < -0.4 is 14.2 Å². The second kappa shape index (κ2) is 12.0. The van der Waals surface area contributed by atoms with Gasteiger partial charge in [-0.1, -0.05) is 41.9 Å². The Morgan fingerprint density at radius 3 is 2.33 bits per heavy atom. The quantitative estimate of drug-likeness (QED) is 0.188. The molecular weight excluding hydrogens is 591 g/mol. The van der Waals surface area contributed by atoms with Gasteiger partial charge in [-0.15, -0.1) is 0 Å². The van der Waals surface area contributed by atoms with Gasteiger partial charge in [-0.25, -0.2) is 23.1 Å². The van der Waals surface area contributed by atoms with Crippen molar-refractivity contribution >= 4 is 32.5 Å². The number of methoxy groups -OCH3 is 1. The summed E-state index contributed by atoms with van der Waals surface area (Å²) in [5.41, 5.74) is 0.321. The number of ether oxygens (including phenoxy) is 2. The summed E-state index contributed by atoms with van der Waals surface area (Å²) in [6.07, 6.45) is -3.07. The lowest BCUT2D eigenvalue weighted by atomic mass is 10.0. The van der Waals surface area contributed by atoms with Crippen molar-refractivity contribution in [2.75, 3.05) is 13.7 Å². The molecule has 12 heteroatoms. The topological polar surface area (TPSA) is 90.4 Å². The van der Waals surface area contributed by atoms with E-state index in [-0.39, 0.29) is 44.6 Å². The number of nitrogens with one attached hydrogen (secondary N) is 1. The second-order valence-electron chi connectivity index (χ2n) is 9.14. The maximum Gasteiger partial charge on any atom is 0.418 e. The van der Waals surface area contributed by atoms with Gasteiger partial charge >= 0.3 is 6.18 Å². The highest BCUT2D eigenvalue weighted by Gasteiger charge is 2.33. The highest BCUT2D eigenvalue weighted by molar-refractivity contribution is 7.89. The van der Waals surface area contributed by atoms with Gasteiger partial charge in [0.15, 0.2) is 0 Å². The zero-order chi connectivity index (χ0) is 29.9. The van der Waals surface area contributed by atoms with E-state index in [9.17, 15) is 21.6 Å². The first-order valence-electron chi connectivity index (χ1n) is 12.6. The van der Waals surface area contributed by atoms with Crippen LogP contribution in [0.3, 0.4) is 0 Å². The molecule has 1 heterocycles. The van der Waals surface area contributed by atoms with Gasteiger partial charge in [-0.05, 0) is 60.5 Å². The number of fused-ring (bicyclic) bond motifs is 1. The molecule has 0 fully saturated rings. The molecule has 0 spiro atoms. The number of aromatic nitrogens is 2. The second-order valence-corrected chi connectivity index (χ2v) is 11.3. The molecule has 0 aliphatic carbocycles. The number of nitrogens with zero attached hydrogens (tertiary/aromatic N) is 2. The highest BCUT2D eigenvalue weighted by Crippen LogP contribution is 2.39. The molecule has 0 unspecified atom stereocenters. The van der Waals surface area contributed by atoms with Crippen molar-refractivity contribution in [2.45, 2.75) is 17.5 Å². The lowest BCUT2D eigenvalue weighted by Crippen LogP contribution is -2.26. The van der Waals surface area contributed by atoms with Crippen molar-refractivity contribution in [3.63, 3.8) is 0 Å². The third-order valence-corrected chi connectivity index (χ3v) is 8.17. The van der Waals surface area contributed by atoms with Crippen molar-refractivity contribution < 1.29 is 31.1 Å². The molecule has 0 saturated carbocycles. The minimum Gasteiger partial charge on any atom is -0.497 e. The predicted molar refractivity (Wildman–Crippen MR) is 153 cm³/mol. The molecule has 216 valence electrons. The van der Waals surface area contributed by atoms with Crippen LogP contribution in [0.5, 0.6) is 17.2 Å². The van der Waals surface area contributed by atoms with Gasteiger partial charge in [0.25, 0.3) is 0 Å². The molecule has 1 N–H and O–H groups in total. The van der Waals surface area contributed by atoms with Crippen LogP contribution in [0.2, 0.25) is 5.02 Å². The maximum atomic E-state index is 13.6. The lowest BCUT2D eigenvalue weighted by molar-refractivity contribution is -0.136. The number of alkyl halides is 3. The summed E-state index contributed by atoms with van der Waals surface area (Å²) in [5, 5.41) is 0.400. The molecule has 4 aromatic carbocycles. The molecule has 0 bridgehead atoms. The molecule has 1 aromatic heterocycles. The van der Waals surface area contributed by atoms with Crippen molar-refractivity contribution in [1.29, 1.82) is 0 Å². The molecule has 0 aliphatic rings. The van der Waals surface area contributed by atoms with Crippen LogP contribution in [0.1, 0.15) is 11.1 Å². The fraction of sp³-hybridized carbons (Fsp3) is 0.133. The summed E-state index contributed by atoms with van der Waals surface area (Å²) in [4.78, 5) is 8.07. The molecule has 7 nitrogen and oxygen atoms in total. The Morgan fingerprint density at radius 1 is 0.881 bits per heavy atom. The Labute approximate surface area is 245 Å². The van der Waals surface area contributed by atoms with Crippen LogP contribution in [-0.2, 0) is 22.6 Å². The van der Waals surface area contributed by atoms with Crippen LogP contribution in [0.15, 0.2) is 96.2 Å². The Bertz CT molecular complexity index is 1850. The van der Waals surface area contributed by atoms with Crippen LogP contribution in [0.4, 0.5) is 13.2 Å². The van der Waals surface area contributed by atoms with Crippen molar-refractivity contribution in [1.82, 2.24) is 14.7 Å². The number of sulfonamides is 1. The maximum absolute atomic E-state index is 13.6. The molecule has 0 radical (unpaired) electrons. The number of halogens is 4. The summed E-state index contributed by atoms with van der Waals surface area (Å²) in [7, 11) is -2.27. The standard InChI is InChI=1S/C30H23ClF3N3O4S/c1-40-20-10-8-19(9-11-20)14-15-37-42(38,39)23-5-2-4-21(16-23)41-22-12-13-27(31)25(17-22)28-24-6-3-7-26(30(32,33)34)29(24)36-18-35-28/h2-13,16-18,37H,14-15H2,1H3. The van der Waals surface area contributed by atoms with Gasteiger partial charge < -0.3 is 9.47 Å². The van der Waals surface area contributed by atoms with Gasteiger partial charge in [0.2, 0.25) is 10.0 Å². The number of rotatable bonds is 9. The minimum absolute atomic E-state index is 0.00499. The van der Waals surface area contributed by atoms with Crippen molar-refractivity contribution in [3.05, 3.63) is 107 Å². The van der Waals surface area contributed by atoms with Crippen LogP contribution >= 0.6 is 11.6 Å². The molecule has 42 heavy (non-hydrogen) atoms. The van der Waals surface area contributed by atoms with E-state index in [0.717, 1.165) is 18.0 Å². The van der Waals surface area contributed by atoms with E-state index in [2.05, 4.69) is 14.7 Å². The predicted octanol–water partition coefficient (Wildman–Crippen LogP) is 7.29. The first-order chi connectivity index (χ1) is 20.0. The van der Waals surface area contributed by atoms with E-state index in [1.54, 1.807) is 37.4 Å². The minimum atomic E-state index is -4.60. The van der Waals surface area contributed by atoms with E-state index < -0.39 is 21.8 Å². The van der Waals surface area contributed by atoms with Crippen molar-refractivity contribution in [2.24, 2.45) is 0 Å². The molecule has 0 atom stereocenters. The molecule has 0 amide bonds. The summed E-state index contributed by atoms with van der Waals surface area (Å²) >= 11 is 6.42. The summed E-state index contributed by atoms with van der Waals surface area (Å²) in [6, 6.07) is 21.6. The molecular formula is C30H23ClF3N3O4S. The van der Waals surface area contributed by atoms with Gasteiger partial charge in [-0.2, -0.15) is 13.2 Å². The normalized spacial score (nSPS) is 11.9. The third kappa shape index (κ3) is 6.48. The Hall–Kier alpha value is -4.19. The molecule has 5 aromatic rings. The molecule has 0 saturated heterocycles. The first-order valence-corrected chi connectivity index (χ1v) is 14.4. The average molecular weight is 614 g/mol. The van der Waals surface area contributed by atoms with E-state index in [1.165, 1.54) is 36.4 Å². The van der Waals surface area contributed by atoms with Gasteiger partial charge in [0, 0.05) is 23.6 Å². The van der Waals surface area contributed by atoms with E-state index in [1.807, 2.05) is 12.1 Å². The van der Waals surface area contributed by atoms with E-state index >= 15 is 0 Å². The molecule has 0 aliphatic heterocycles. The summed E-state index contributed by atoms with van der Waals surface area (Å²) in [6.45, 7) is 0.184. The number of hydrogen-bond acceptors (Lipinski definition) is 6. The molecule has 5 rings (SSSR count). The lowest BCUT2D eigenvalue weighted by Gasteiger charge is -2.14. The largest absolute Gasteiger partial charge is 0.497 e. The fourth-order valence-electron chi connectivity index (χ4n) is 4.33. The van der Waals surface area contributed by atoms with E-state index in [4.69, 9.17) is 21.1 Å². The number of benzene rings is 4. The van der Waals surface area contributed by atoms with Crippen LogP contribution in [0, 0.1) is 0 Å². The Kier molecular flexibility index (Phi) is 8.35. The average Bonchev–Trinajstić information content (AvgIpc) is 2.97. The van der Waals surface area contributed by atoms with Crippen LogP contribution in [0.25, 0.3) is 22.2 Å². The Morgan fingerprint density at radius 2 is 1.60 bits per heavy atom. The van der Waals surface area contributed by atoms with E-state index in [0.29, 0.717) is 17.7 Å². The SMILES string of the molecule is COc1ccc(CCNS(=O)(=O)c2cccc(Oc3ccc(Cl)c(-c4ncnc5c(C(F)(F)F)cccc45)c3)c2)cc1. The highest BCUT2D eigenvalue weighted by atomic mass is 35.5. The zero-order valence-corrected chi connectivity index (χ0v) is 23.6.